The maximum atomic E-state index is 12.0. The van der Waals surface area contributed by atoms with Crippen LogP contribution in [0.15, 0.2) is 60.0 Å². The van der Waals surface area contributed by atoms with E-state index >= 15 is 0 Å². The van der Waals surface area contributed by atoms with E-state index in [9.17, 15) is 9.59 Å². The largest absolute Gasteiger partial charge is 0.354 e. The zero-order valence-electron chi connectivity index (χ0n) is 13.8. The van der Waals surface area contributed by atoms with Gasteiger partial charge in [-0.25, -0.2) is 0 Å². The van der Waals surface area contributed by atoms with Gasteiger partial charge in [-0.2, -0.15) is 0 Å². The van der Waals surface area contributed by atoms with Gasteiger partial charge in [-0.15, -0.1) is 11.3 Å². The fourth-order valence-corrected chi connectivity index (χ4v) is 3.38. The lowest BCUT2D eigenvalue weighted by Crippen LogP contribution is -2.38. The molecule has 0 aliphatic rings. The number of carbonyl (C=O) groups is 2. The number of hydrogen-bond donors (Lipinski definition) is 2. The number of nitrogens with one attached hydrogen (secondary N) is 2. The Hall–Kier alpha value is -2.66. The Morgan fingerprint density at radius 3 is 2.56 bits per heavy atom. The minimum Gasteiger partial charge on any atom is -0.354 e. The molecule has 1 heterocycles. The summed E-state index contributed by atoms with van der Waals surface area (Å²) in [5, 5.41) is 8.68. The summed E-state index contributed by atoms with van der Waals surface area (Å²) in [6, 6.07) is 18.0. The third kappa shape index (κ3) is 5.16. The van der Waals surface area contributed by atoms with Gasteiger partial charge in [0, 0.05) is 11.2 Å². The first-order valence-corrected chi connectivity index (χ1v) is 9.12. The first-order valence-electron chi connectivity index (χ1n) is 8.24. The number of amides is 2. The van der Waals surface area contributed by atoms with Crippen molar-refractivity contribution in [2.24, 2.45) is 0 Å². The number of rotatable bonds is 7. The van der Waals surface area contributed by atoms with Gasteiger partial charge in [-0.05, 0) is 46.5 Å². The van der Waals surface area contributed by atoms with E-state index in [2.05, 4.69) is 10.6 Å². The Morgan fingerprint density at radius 2 is 1.72 bits per heavy atom. The van der Waals surface area contributed by atoms with Crippen LogP contribution < -0.4 is 10.6 Å². The molecule has 128 valence electrons. The summed E-state index contributed by atoms with van der Waals surface area (Å²) >= 11 is 1.68. The van der Waals surface area contributed by atoms with E-state index in [4.69, 9.17) is 0 Å². The van der Waals surface area contributed by atoms with Crippen molar-refractivity contribution in [1.29, 1.82) is 0 Å². The second kappa shape index (κ2) is 8.44. The van der Waals surface area contributed by atoms with Crippen LogP contribution in [-0.4, -0.2) is 24.9 Å². The molecule has 4 nitrogen and oxygen atoms in total. The highest BCUT2D eigenvalue weighted by atomic mass is 32.1. The molecular weight excluding hydrogens is 332 g/mol. The summed E-state index contributed by atoms with van der Waals surface area (Å²) in [7, 11) is 0. The Balaban J connectivity index is 1.38. The summed E-state index contributed by atoms with van der Waals surface area (Å²) in [4.78, 5) is 23.8. The highest BCUT2D eigenvalue weighted by Gasteiger charge is 2.07. The molecule has 0 aliphatic carbocycles. The van der Waals surface area contributed by atoms with Gasteiger partial charge in [0.2, 0.25) is 11.8 Å². The monoisotopic (exact) mass is 352 g/mol. The Labute approximate surface area is 150 Å². The summed E-state index contributed by atoms with van der Waals surface area (Å²) in [5.41, 5.74) is 2.13. The lowest BCUT2D eigenvalue weighted by atomic mass is 10.1. The van der Waals surface area contributed by atoms with Crippen molar-refractivity contribution in [3.8, 4) is 0 Å². The van der Waals surface area contributed by atoms with Gasteiger partial charge in [-0.3, -0.25) is 9.59 Å². The summed E-state index contributed by atoms with van der Waals surface area (Å²) in [6.07, 6.45) is 1.06. The standard InChI is InChI=1S/C20H20N2O2S/c23-19(13-16-6-7-18-17(12-16)9-11-25-18)22-14-20(24)21-10-8-15-4-2-1-3-5-15/h1-7,9,11-12H,8,10,13-14H2,(H,21,24)(H,22,23). The first-order chi connectivity index (χ1) is 12.2. The average Bonchev–Trinajstić information content (AvgIpc) is 3.09. The van der Waals surface area contributed by atoms with Crippen molar-refractivity contribution in [3.63, 3.8) is 0 Å². The quantitative estimate of drug-likeness (QED) is 0.687. The van der Waals surface area contributed by atoms with Crippen LogP contribution in [0.4, 0.5) is 0 Å². The lowest BCUT2D eigenvalue weighted by Gasteiger charge is -2.07. The van der Waals surface area contributed by atoms with Crippen LogP contribution >= 0.6 is 11.3 Å². The maximum Gasteiger partial charge on any atom is 0.239 e. The molecule has 0 radical (unpaired) electrons. The molecular formula is C20H20N2O2S. The maximum absolute atomic E-state index is 12.0. The normalized spacial score (nSPS) is 10.6. The van der Waals surface area contributed by atoms with Crippen LogP contribution in [0.3, 0.4) is 0 Å². The molecule has 0 bridgehead atoms. The molecule has 0 atom stereocenters. The number of benzene rings is 2. The van der Waals surface area contributed by atoms with Crippen LogP contribution in [0.1, 0.15) is 11.1 Å². The van der Waals surface area contributed by atoms with E-state index in [1.165, 1.54) is 10.3 Å². The fraction of sp³-hybridized carbons (Fsp3) is 0.200. The molecule has 2 aromatic carbocycles. The van der Waals surface area contributed by atoms with Crippen molar-refractivity contribution in [3.05, 3.63) is 71.1 Å². The van der Waals surface area contributed by atoms with Crippen molar-refractivity contribution in [2.45, 2.75) is 12.8 Å². The Kier molecular flexibility index (Phi) is 5.80. The zero-order valence-corrected chi connectivity index (χ0v) is 14.6. The van der Waals surface area contributed by atoms with Gasteiger partial charge in [0.1, 0.15) is 0 Å². The fourth-order valence-electron chi connectivity index (χ4n) is 2.61. The zero-order chi connectivity index (χ0) is 17.5. The van der Waals surface area contributed by atoms with Crippen LogP contribution in [0.2, 0.25) is 0 Å². The number of thiophene rings is 1. The van der Waals surface area contributed by atoms with Crippen molar-refractivity contribution < 1.29 is 9.59 Å². The third-order valence-electron chi connectivity index (χ3n) is 3.91. The number of fused-ring (bicyclic) bond motifs is 1. The molecule has 5 heteroatoms. The van der Waals surface area contributed by atoms with Gasteiger partial charge in [0.15, 0.2) is 0 Å². The summed E-state index contributed by atoms with van der Waals surface area (Å²) in [5.74, 6) is -0.314. The second-order valence-corrected chi connectivity index (χ2v) is 6.78. The van der Waals surface area contributed by atoms with E-state index in [1.54, 1.807) is 11.3 Å². The average molecular weight is 352 g/mol. The van der Waals surface area contributed by atoms with Crippen LogP contribution in [-0.2, 0) is 22.4 Å². The van der Waals surface area contributed by atoms with E-state index in [1.807, 2.05) is 60.0 Å². The molecule has 0 saturated heterocycles. The van der Waals surface area contributed by atoms with Crippen molar-refractivity contribution in [1.82, 2.24) is 10.6 Å². The van der Waals surface area contributed by atoms with Gasteiger partial charge in [-0.1, -0.05) is 36.4 Å². The number of carbonyl (C=O) groups excluding carboxylic acids is 2. The Morgan fingerprint density at radius 1 is 0.880 bits per heavy atom. The predicted octanol–water partition coefficient (Wildman–Crippen LogP) is 2.92. The molecule has 0 aliphatic heterocycles. The lowest BCUT2D eigenvalue weighted by molar-refractivity contribution is -0.125. The van der Waals surface area contributed by atoms with Gasteiger partial charge in [0.05, 0.1) is 13.0 Å². The minimum absolute atomic E-state index is 0.00825. The van der Waals surface area contributed by atoms with Gasteiger partial charge in [0.25, 0.3) is 0 Å². The molecule has 3 aromatic rings. The van der Waals surface area contributed by atoms with Crippen LogP contribution in [0.25, 0.3) is 10.1 Å². The minimum atomic E-state index is -0.169. The molecule has 0 unspecified atom stereocenters. The first kappa shape index (κ1) is 17.2. The smallest absolute Gasteiger partial charge is 0.239 e. The predicted molar refractivity (Wildman–Crippen MR) is 102 cm³/mol. The van der Waals surface area contributed by atoms with Gasteiger partial charge < -0.3 is 10.6 Å². The third-order valence-corrected chi connectivity index (χ3v) is 4.80. The molecule has 0 saturated carbocycles. The highest BCUT2D eigenvalue weighted by Crippen LogP contribution is 2.21. The van der Waals surface area contributed by atoms with Crippen molar-refractivity contribution in [2.75, 3.05) is 13.1 Å². The topological polar surface area (TPSA) is 58.2 Å². The van der Waals surface area contributed by atoms with E-state index < -0.39 is 0 Å². The highest BCUT2D eigenvalue weighted by molar-refractivity contribution is 7.17. The molecule has 0 spiro atoms. The molecule has 2 amide bonds. The van der Waals surface area contributed by atoms with Gasteiger partial charge >= 0.3 is 0 Å². The Bertz CT molecular complexity index is 858. The molecule has 25 heavy (non-hydrogen) atoms. The second-order valence-electron chi connectivity index (χ2n) is 5.83. The van der Waals surface area contributed by atoms with E-state index in [0.717, 1.165) is 17.4 Å². The summed E-state index contributed by atoms with van der Waals surface area (Å²) in [6.45, 7) is 0.571. The molecule has 2 N–H and O–H groups in total. The molecule has 0 fully saturated rings. The van der Waals surface area contributed by atoms with Crippen LogP contribution in [0.5, 0.6) is 0 Å². The summed E-state index contributed by atoms with van der Waals surface area (Å²) < 4.78 is 1.21. The molecule has 3 rings (SSSR count). The SMILES string of the molecule is O=C(CNC(=O)Cc1ccc2sccc2c1)NCCc1ccccc1. The molecule has 1 aromatic heterocycles. The number of hydrogen-bond acceptors (Lipinski definition) is 3. The van der Waals surface area contributed by atoms with E-state index in [-0.39, 0.29) is 24.8 Å². The van der Waals surface area contributed by atoms with Crippen LogP contribution in [0, 0.1) is 0 Å². The van der Waals surface area contributed by atoms with E-state index in [0.29, 0.717) is 6.54 Å². The van der Waals surface area contributed by atoms with Crippen molar-refractivity contribution >= 4 is 33.2 Å².